The Balaban J connectivity index is 0.000000810. The summed E-state index contributed by atoms with van der Waals surface area (Å²) >= 11 is 5.78. The summed E-state index contributed by atoms with van der Waals surface area (Å²) in [5.74, 6) is 0. The van der Waals surface area contributed by atoms with Crippen molar-refractivity contribution in [1.29, 1.82) is 0 Å². The van der Waals surface area contributed by atoms with Crippen LogP contribution in [0.1, 0.15) is 11.1 Å². The monoisotopic (exact) mass is 228 g/mol. The number of aryl methyl sites for hydroxylation is 2. The Morgan fingerprint density at radius 1 is 1.40 bits per heavy atom. The molecule has 0 heterocycles. The van der Waals surface area contributed by atoms with Gasteiger partial charge < -0.3 is 0 Å². The average molecular weight is 229 g/mol. The predicted octanol–water partition coefficient (Wildman–Crippen LogP) is 2.75. The second-order valence-corrected chi connectivity index (χ2v) is 2.56. The Morgan fingerprint density at radius 3 is 2.40 bits per heavy atom. The van der Waals surface area contributed by atoms with Crippen LogP contribution in [0.15, 0.2) is 12.1 Å². The Labute approximate surface area is 91.8 Å². The van der Waals surface area contributed by atoms with Gasteiger partial charge in [0.2, 0.25) is 0 Å². The van der Waals surface area contributed by atoms with Crippen LogP contribution in [-0.2, 0) is 32.7 Å². The fourth-order valence-electron chi connectivity index (χ4n) is 0.641. The second-order valence-electron chi connectivity index (χ2n) is 2.15. The topological polar surface area (TPSA) is 0 Å². The maximum Gasteiger partial charge on any atom is 0 e. The summed E-state index contributed by atoms with van der Waals surface area (Å²) < 4.78 is 0. The van der Waals surface area contributed by atoms with E-state index >= 15 is 0 Å². The van der Waals surface area contributed by atoms with Crippen molar-refractivity contribution in [2.45, 2.75) is 13.8 Å². The van der Waals surface area contributed by atoms with Crippen LogP contribution in [-0.4, -0.2) is 0 Å². The van der Waals surface area contributed by atoms with Crippen molar-refractivity contribution in [2.24, 2.45) is 0 Å². The van der Waals surface area contributed by atoms with Gasteiger partial charge in [0, 0.05) is 32.7 Å². The molecule has 10 heavy (non-hydrogen) atoms. The third-order valence-corrected chi connectivity index (χ3v) is 1.62. The maximum atomic E-state index is 5.78. The Bertz CT molecular complexity index is 220. The van der Waals surface area contributed by atoms with Gasteiger partial charge in [-0.15, -0.1) is 5.56 Å². The zero-order valence-electron chi connectivity index (χ0n) is 6.11. The van der Waals surface area contributed by atoms with Crippen molar-refractivity contribution in [3.63, 3.8) is 0 Å². The second kappa shape index (κ2) is 4.48. The van der Waals surface area contributed by atoms with Crippen molar-refractivity contribution in [2.75, 3.05) is 0 Å². The Morgan fingerprint density at radius 2 is 2.00 bits per heavy atom. The van der Waals surface area contributed by atoms with Crippen molar-refractivity contribution >= 4 is 11.6 Å². The van der Waals surface area contributed by atoms with Crippen LogP contribution in [0.25, 0.3) is 0 Å². The van der Waals surface area contributed by atoms with Gasteiger partial charge in [-0.1, -0.05) is 18.9 Å². The molecule has 0 saturated heterocycles. The Hall–Kier alpha value is 0.614. The molecule has 1 rings (SSSR count). The molecule has 0 N–H and O–H groups in total. The SMILES string of the molecule is Cc1c[c-]c(C)c(Cl)c1.[Y]. The first-order valence-electron chi connectivity index (χ1n) is 2.84. The van der Waals surface area contributed by atoms with Crippen LogP contribution in [0.5, 0.6) is 0 Å². The van der Waals surface area contributed by atoms with Gasteiger partial charge in [0.25, 0.3) is 0 Å². The fraction of sp³-hybridized carbons (Fsp3) is 0.250. The van der Waals surface area contributed by atoms with Crippen LogP contribution >= 0.6 is 11.6 Å². The molecule has 0 saturated carbocycles. The van der Waals surface area contributed by atoms with Crippen molar-refractivity contribution in [1.82, 2.24) is 0 Å². The third kappa shape index (κ3) is 2.69. The Kier molecular flexibility index (Phi) is 4.76. The number of halogens is 1. The zero-order chi connectivity index (χ0) is 6.85. The van der Waals surface area contributed by atoms with E-state index in [0.29, 0.717) is 0 Å². The summed E-state index contributed by atoms with van der Waals surface area (Å²) in [7, 11) is 0. The minimum Gasteiger partial charge on any atom is -0.179 e. The molecule has 1 aromatic rings. The predicted molar refractivity (Wildman–Crippen MR) is 39.8 cm³/mol. The average Bonchev–Trinajstić information content (AvgIpc) is 1.80. The molecule has 0 spiro atoms. The first-order chi connectivity index (χ1) is 4.20. The van der Waals surface area contributed by atoms with E-state index in [1.807, 2.05) is 26.0 Å². The smallest absolute Gasteiger partial charge is 0 e. The minimum atomic E-state index is 0. The molecule has 0 aliphatic carbocycles. The molecule has 0 nitrogen and oxygen atoms in total. The third-order valence-electron chi connectivity index (χ3n) is 1.23. The van der Waals surface area contributed by atoms with Crippen LogP contribution in [0.2, 0.25) is 5.02 Å². The van der Waals surface area contributed by atoms with E-state index in [1.54, 1.807) is 0 Å². The number of hydrogen-bond acceptors (Lipinski definition) is 0. The molecule has 0 bridgehead atoms. The van der Waals surface area contributed by atoms with Gasteiger partial charge in [-0.2, -0.15) is 35.4 Å². The van der Waals surface area contributed by atoms with E-state index in [2.05, 4.69) is 6.07 Å². The summed E-state index contributed by atoms with van der Waals surface area (Å²) in [6.45, 7) is 3.95. The number of hydrogen-bond donors (Lipinski definition) is 0. The molecule has 0 aliphatic heterocycles. The molecule has 0 atom stereocenters. The van der Waals surface area contributed by atoms with Crippen LogP contribution in [0, 0.1) is 19.9 Å². The molecule has 0 amide bonds. The van der Waals surface area contributed by atoms with Crippen molar-refractivity contribution < 1.29 is 32.7 Å². The molecule has 1 radical (unpaired) electrons. The number of rotatable bonds is 0. The van der Waals surface area contributed by atoms with Gasteiger partial charge in [0.05, 0.1) is 0 Å². The first kappa shape index (κ1) is 10.6. The summed E-state index contributed by atoms with van der Waals surface area (Å²) in [6, 6.07) is 6.91. The molecular formula is C8H8ClY-. The van der Waals surface area contributed by atoms with Gasteiger partial charge in [0.15, 0.2) is 0 Å². The molecule has 0 aromatic heterocycles. The maximum absolute atomic E-state index is 5.78. The van der Waals surface area contributed by atoms with Crippen LogP contribution in [0.3, 0.4) is 0 Å². The molecular weight excluding hydrogens is 220 g/mol. The molecule has 2 heteroatoms. The van der Waals surface area contributed by atoms with E-state index in [4.69, 9.17) is 11.6 Å². The zero-order valence-corrected chi connectivity index (χ0v) is 9.70. The van der Waals surface area contributed by atoms with Crippen molar-refractivity contribution in [3.8, 4) is 0 Å². The van der Waals surface area contributed by atoms with Gasteiger partial charge in [-0.3, -0.25) is 0 Å². The molecule has 0 fully saturated rings. The molecule has 51 valence electrons. The van der Waals surface area contributed by atoms with E-state index < -0.39 is 0 Å². The molecule has 0 unspecified atom stereocenters. The van der Waals surface area contributed by atoms with E-state index in [-0.39, 0.29) is 32.7 Å². The van der Waals surface area contributed by atoms with Crippen molar-refractivity contribution in [3.05, 3.63) is 34.3 Å². The van der Waals surface area contributed by atoms with Gasteiger partial charge in [0.1, 0.15) is 0 Å². The number of benzene rings is 1. The van der Waals surface area contributed by atoms with E-state index in [9.17, 15) is 0 Å². The van der Waals surface area contributed by atoms with E-state index in [1.165, 1.54) is 0 Å². The van der Waals surface area contributed by atoms with E-state index in [0.717, 1.165) is 16.1 Å². The standard InChI is InChI=1S/C8H8Cl.Y/c1-6-3-4-7(2)8(9)5-6;/h3,5H,1-2H3;/q-1;. The van der Waals surface area contributed by atoms with Gasteiger partial charge >= 0.3 is 0 Å². The van der Waals surface area contributed by atoms with Crippen LogP contribution in [0.4, 0.5) is 0 Å². The fourth-order valence-corrected chi connectivity index (χ4v) is 0.867. The van der Waals surface area contributed by atoms with Gasteiger partial charge in [-0.05, 0) is 0 Å². The molecule has 1 aromatic carbocycles. The van der Waals surface area contributed by atoms with Gasteiger partial charge in [-0.25, -0.2) is 0 Å². The summed E-state index contributed by atoms with van der Waals surface area (Å²) in [6.07, 6.45) is 0. The summed E-state index contributed by atoms with van der Waals surface area (Å²) in [5, 5.41) is 0.801. The minimum absolute atomic E-state index is 0. The first-order valence-corrected chi connectivity index (χ1v) is 3.22. The summed E-state index contributed by atoms with van der Waals surface area (Å²) in [4.78, 5) is 0. The largest absolute Gasteiger partial charge is 0.179 e. The molecule has 0 aliphatic rings. The quantitative estimate of drug-likeness (QED) is 0.599. The summed E-state index contributed by atoms with van der Waals surface area (Å²) in [5.41, 5.74) is 2.17. The normalized spacial score (nSPS) is 8.70. The van der Waals surface area contributed by atoms with Crippen LogP contribution < -0.4 is 0 Å².